The summed E-state index contributed by atoms with van der Waals surface area (Å²) >= 11 is 6.22. The minimum atomic E-state index is -0.307. The fourth-order valence-corrected chi connectivity index (χ4v) is 9.90. The molecule has 0 saturated carbocycles. The molecule has 310 valence electrons. The fourth-order valence-electron chi connectivity index (χ4n) is 5.94. The summed E-state index contributed by atoms with van der Waals surface area (Å²) < 4.78 is 8.51. The number of anilines is 2. The minimum Gasteiger partial charge on any atom is -0.398 e. The zero-order valence-corrected chi connectivity index (χ0v) is 39.0. The second-order valence-corrected chi connectivity index (χ2v) is 21.5. The first-order valence-corrected chi connectivity index (χ1v) is 22.1. The summed E-state index contributed by atoms with van der Waals surface area (Å²) in [4.78, 5) is 50.6. The zero-order valence-electron chi connectivity index (χ0n) is 35.8. The van der Waals surface area contributed by atoms with Crippen LogP contribution in [-0.4, -0.2) is 40.0 Å². The van der Waals surface area contributed by atoms with Gasteiger partial charge < -0.3 is 26.8 Å². The molecule has 0 radical (unpaired) electrons. The van der Waals surface area contributed by atoms with E-state index in [-0.39, 0.29) is 38.9 Å². The van der Waals surface area contributed by atoms with Gasteiger partial charge in [0.15, 0.2) is 5.52 Å². The Labute approximate surface area is 355 Å². The van der Waals surface area contributed by atoms with Crippen molar-refractivity contribution in [1.82, 2.24) is 33.7 Å². The van der Waals surface area contributed by atoms with E-state index in [2.05, 4.69) is 132 Å². The highest BCUT2D eigenvalue weighted by Crippen LogP contribution is 2.39. The number of pyridine rings is 1. The van der Waals surface area contributed by atoms with Crippen LogP contribution in [-0.2, 0) is 21.7 Å². The zero-order chi connectivity index (χ0) is 43.1. The van der Waals surface area contributed by atoms with Crippen LogP contribution in [0.3, 0.4) is 0 Å². The van der Waals surface area contributed by atoms with Crippen LogP contribution in [0, 0.1) is 13.8 Å². The van der Waals surface area contributed by atoms with Crippen molar-refractivity contribution >= 4 is 96.3 Å². The van der Waals surface area contributed by atoms with E-state index in [1.54, 1.807) is 42.1 Å². The maximum atomic E-state index is 11.7. The topological polar surface area (TPSA) is 207 Å². The largest absolute Gasteiger partial charge is 0.398 e. The Hall–Kier alpha value is -4.42. The Morgan fingerprint density at radius 2 is 1.16 bits per heavy atom. The number of aliphatic imine (C=N–C) groups is 1. The molecule has 0 saturated heterocycles. The lowest BCUT2D eigenvalue weighted by Gasteiger charge is -2.20. The molecule has 7 aromatic rings. The van der Waals surface area contributed by atoms with Gasteiger partial charge in [0.2, 0.25) is 0 Å². The second-order valence-electron chi connectivity index (χ2n) is 18.2. The third-order valence-corrected chi connectivity index (χ3v) is 14.1. The van der Waals surface area contributed by atoms with E-state index >= 15 is 0 Å². The van der Waals surface area contributed by atoms with Crippen LogP contribution in [0.1, 0.15) is 126 Å². The average molecular weight is 862 g/mol. The van der Waals surface area contributed by atoms with Gasteiger partial charge in [-0.1, -0.05) is 83.1 Å². The lowest BCUT2D eigenvalue weighted by atomic mass is 9.92. The first-order valence-electron chi connectivity index (χ1n) is 18.8. The number of thiophene rings is 2. The van der Waals surface area contributed by atoms with Crippen molar-refractivity contribution in [2.45, 2.75) is 125 Å². The van der Waals surface area contributed by atoms with Gasteiger partial charge in [-0.05, 0) is 59.2 Å². The van der Waals surface area contributed by atoms with Gasteiger partial charge in [-0.3, -0.25) is 19.6 Å². The predicted molar refractivity (Wildman–Crippen MR) is 248 cm³/mol. The molecule has 0 spiro atoms. The molecule has 13 nitrogen and oxygen atoms in total. The van der Waals surface area contributed by atoms with E-state index in [0.717, 1.165) is 43.9 Å². The SMILES string of the molecule is CC(C)(C)c1scc2c(N)ccnc12.CC(C)(C)c1snc2c1NC=NC2N.Cc1nc2c(C(C)(C)C)scc2c(=O)[nH]1.Cc1nc2c(C(C)(C)C)snc2c(=O)[nH]1. The molecule has 7 N–H and O–H groups in total. The third-order valence-electron chi connectivity index (χ3n) is 8.74. The number of aryl methyl sites for hydroxylation is 2. The van der Waals surface area contributed by atoms with Gasteiger partial charge in [0.05, 0.1) is 38.2 Å². The Morgan fingerprint density at radius 3 is 1.74 bits per heavy atom. The number of rotatable bonds is 0. The number of nitrogens with one attached hydrogen (secondary N) is 3. The van der Waals surface area contributed by atoms with E-state index < -0.39 is 0 Å². The summed E-state index contributed by atoms with van der Waals surface area (Å²) in [6, 6.07) is 1.85. The van der Waals surface area contributed by atoms with E-state index in [1.165, 1.54) is 37.7 Å². The molecule has 0 aliphatic carbocycles. The number of aromatic amines is 2. The summed E-state index contributed by atoms with van der Waals surface area (Å²) in [6.45, 7) is 29.4. The van der Waals surface area contributed by atoms with E-state index in [9.17, 15) is 9.59 Å². The maximum Gasteiger partial charge on any atom is 0.278 e. The molecular formula is C41H55N11O2S4. The van der Waals surface area contributed by atoms with E-state index in [4.69, 9.17) is 11.5 Å². The lowest BCUT2D eigenvalue weighted by molar-refractivity contribution is 0.604. The van der Waals surface area contributed by atoms with Gasteiger partial charge in [0, 0.05) is 43.2 Å². The summed E-state index contributed by atoms with van der Waals surface area (Å²) in [5.74, 6) is 1.31. The van der Waals surface area contributed by atoms with Crippen molar-refractivity contribution < 1.29 is 0 Å². The Kier molecular flexibility index (Phi) is 12.8. The molecule has 1 aliphatic rings. The molecule has 1 unspecified atom stereocenters. The number of nitrogen functional groups attached to an aromatic ring is 1. The van der Waals surface area contributed by atoms with Crippen molar-refractivity contribution in [3.05, 3.63) is 80.6 Å². The fraction of sp³-hybridized carbons (Fsp3) is 0.463. The van der Waals surface area contributed by atoms with Crippen LogP contribution in [0.5, 0.6) is 0 Å². The molecule has 0 aromatic carbocycles. The molecule has 58 heavy (non-hydrogen) atoms. The number of H-pyrrole nitrogens is 2. The standard InChI is InChI=1S/C11H14N2OS.C11H14N2S.C10H13N3OS.C9H14N4S/c1-6-12-8-7(10(14)13-6)5-15-9(8)11(2,3)4;1-11(2,3)10-9-7(6-14-10)8(12)4-5-13-9;1-5-11-6-7(9(14)12-5)13-15-8(6)10(2,3)4;1-9(2,3)7-5-6(13-14-7)8(10)12-4-11-5/h5H,1-4H3,(H,12,13,14);4-6H,12H2,1-3H3;1-4H3,(H,11,12,14);4,8H,10H2,1-3H3,(H,11,12). The van der Waals surface area contributed by atoms with Crippen molar-refractivity contribution in [3.63, 3.8) is 0 Å². The van der Waals surface area contributed by atoms with Gasteiger partial charge in [0.1, 0.15) is 29.0 Å². The molecule has 17 heteroatoms. The number of nitrogens with zero attached hydrogens (tertiary/aromatic N) is 6. The van der Waals surface area contributed by atoms with Gasteiger partial charge in [-0.2, -0.15) is 8.75 Å². The third kappa shape index (κ3) is 9.88. The molecule has 7 aromatic heterocycles. The Balaban J connectivity index is 0.000000147. The van der Waals surface area contributed by atoms with E-state index in [0.29, 0.717) is 22.6 Å². The van der Waals surface area contributed by atoms with Crippen LogP contribution in [0.4, 0.5) is 11.4 Å². The summed E-state index contributed by atoms with van der Waals surface area (Å²) in [7, 11) is 0. The minimum absolute atomic E-state index is 0.0212. The molecule has 8 rings (SSSR count). The van der Waals surface area contributed by atoms with Crippen LogP contribution in [0.15, 0.2) is 37.6 Å². The number of nitrogens with two attached hydrogens (primary N) is 2. The van der Waals surface area contributed by atoms with Gasteiger partial charge in [0.25, 0.3) is 11.1 Å². The Morgan fingerprint density at radius 1 is 0.638 bits per heavy atom. The van der Waals surface area contributed by atoms with Crippen LogP contribution >= 0.6 is 45.7 Å². The van der Waals surface area contributed by atoms with Crippen molar-refractivity contribution in [2.75, 3.05) is 11.1 Å². The van der Waals surface area contributed by atoms with Crippen molar-refractivity contribution in [2.24, 2.45) is 10.7 Å². The summed E-state index contributed by atoms with van der Waals surface area (Å²) in [6.07, 6.45) is 3.12. The number of fused-ring (bicyclic) bond motifs is 4. The first kappa shape index (κ1) is 44.7. The normalized spacial score (nSPS) is 14.2. The highest BCUT2D eigenvalue weighted by atomic mass is 32.1. The van der Waals surface area contributed by atoms with Crippen LogP contribution < -0.4 is 27.9 Å². The molecule has 0 bridgehead atoms. The number of aromatic nitrogens is 7. The Bertz CT molecular complexity index is 2600. The van der Waals surface area contributed by atoms with E-state index in [1.807, 2.05) is 18.4 Å². The lowest BCUT2D eigenvalue weighted by Crippen LogP contribution is -2.19. The highest BCUT2D eigenvalue weighted by molar-refractivity contribution is 7.12. The molecule has 8 heterocycles. The van der Waals surface area contributed by atoms with Crippen LogP contribution in [0.2, 0.25) is 0 Å². The molecule has 0 amide bonds. The monoisotopic (exact) mass is 861 g/mol. The van der Waals surface area contributed by atoms with Gasteiger partial charge in [-0.15, -0.1) is 22.7 Å². The van der Waals surface area contributed by atoms with Gasteiger partial charge in [-0.25, -0.2) is 9.97 Å². The second kappa shape index (κ2) is 16.7. The predicted octanol–water partition coefficient (Wildman–Crippen LogP) is 9.60. The van der Waals surface area contributed by atoms with Gasteiger partial charge >= 0.3 is 0 Å². The average Bonchev–Trinajstić information content (AvgIpc) is 3.89. The smallest absolute Gasteiger partial charge is 0.278 e. The maximum absolute atomic E-state index is 11.7. The number of hydrogen-bond acceptors (Lipinski definition) is 15. The highest BCUT2D eigenvalue weighted by Gasteiger charge is 2.28. The first-order chi connectivity index (χ1) is 26.8. The van der Waals surface area contributed by atoms with Crippen molar-refractivity contribution in [3.8, 4) is 0 Å². The quantitative estimate of drug-likeness (QED) is 0.0976. The van der Waals surface area contributed by atoms with Crippen LogP contribution in [0.25, 0.3) is 32.8 Å². The molecule has 1 aliphatic heterocycles. The molecular weight excluding hydrogens is 807 g/mol. The number of hydrogen-bond donors (Lipinski definition) is 5. The summed E-state index contributed by atoms with van der Waals surface area (Å²) in [5.41, 5.74) is 17.6. The molecule has 0 fully saturated rings. The molecule has 1 atom stereocenters. The van der Waals surface area contributed by atoms with Crippen molar-refractivity contribution in [1.29, 1.82) is 0 Å². The summed E-state index contributed by atoms with van der Waals surface area (Å²) in [5, 5.41) is 8.90.